The predicted octanol–water partition coefficient (Wildman–Crippen LogP) is 3.66. The molecular formula is C12H16N2S. The Hall–Kier alpha value is -1.09. The van der Waals surface area contributed by atoms with Crippen molar-refractivity contribution in [3.63, 3.8) is 0 Å². The first-order valence-corrected chi connectivity index (χ1v) is 6.24. The van der Waals surface area contributed by atoms with E-state index in [-0.39, 0.29) is 0 Å². The van der Waals surface area contributed by atoms with Crippen LogP contribution in [0.4, 0.5) is 0 Å². The van der Waals surface area contributed by atoms with Crippen LogP contribution in [0, 0.1) is 5.92 Å². The van der Waals surface area contributed by atoms with E-state index in [1.165, 1.54) is 11.3 Å². The van der Waals surface area contributed by atoms with Gasteiger partial charge in [-0.1, -0.05) is 26.3 Å². The highest BCUT2D eigenvalue weighted by molar-refractivity contribution is 7.13. The van der Waals surface area contributed by atoms with E-state index < -0.39 is 0 Å². The molecule has 0 saturated heterocycles. The second kappa shape index (κ2) is 4.62. The van der Waals surface area contributed by atoms with Crippen LogP contribution in [0.5, 0.6) is 0 Å². The lowest BCUT2D eigenvalue weighted by Gasteiger charge is -2.11. The highest BCUT2D eigenvalue weighted by atomic mass is 32.1. The Balaban J connectivity index is 2.23. The molecule has 0 saturated carbocycles. The molecule has 0 amide bonds. The molecule has 1 unspecified atom stereocenters. The van der Waals surface area contributed by atoms with Gasteiger partial charge in [-0.05, 0) is 17.4 Å². The molecule has 15 heavy (non-hydrogen) atoms. The average Bonchev–Trinajstić information content (AvgIpc) is 2.86. The molecule has 1 atom stereocenters. The van der Waals surface area contributed by atoms with Gasteiger partial charge in [-0.25, -0.2) is 4.98 Å². The average molecular weight is 220 g/mol. The molecule has 2 aromatic rings. The van der Waals surface area contributed by atoms with E-state index in [1.54, 1.807) is 11.3 Å². The summed E-state index contributed by atoms with van der Waals surface area (Å²) < 4.78 is 2.25. The number of rotatable bonds is 4. The van der Waals surface area contributed by atoms with Crippen LogP contribution in [0.1, 0.15) is 20.3 Å². The van der Waals surface area contributed by atoms with Gasteiger partial charge in [0.15, 0.2) is 0 Å². The Bertz CT molecular complexity index is 403. The van der Waals surface area contributed by atoms with E-state index >= 15 is 0 Å². The molecule has 0 aliphatic carbocycles. The molecular weight excluding hydrogens is 204 g/mol. The first-order valence-electron chi connectivity index (χ1n) is 5.36. The van der Waals surface area contributed by atoms with Crippen LogP contribution in [0.3, 0.4) is 0 Å². The molecule has 3 heteroatoms. The third-order valence-corrected chi connectivity index (χ3v) is 3.53. The molecule has 0 radical (unpaired) electrons. The molecule has 0 bridgehead atoms. The van der Waals surface area contributed by atoms with Gasteiger partial charge >= 0.3 is 0 Å². The molecule has 0 fully saturated rings. The molecule has 0 N–H and O–H groups in total. The van der Waals surface area contributed by atoms with Crippen LogP contribution in [0.15, 0.2) is 29.9 Å². The van der Waals surface area contributed by atoms with Crippen LogP contribution >= 0.6 is 11.3 Å². The second-order valence-electron chi connectivity index (χ2n) is 3.89. The Labute approximate surface area is 94.6 Å². The molecule has 0 aliphatic rings. The normalized spacial score (nSPS) is 12.9. The van der Waals surface area contributed by atoms with E-state index in [1.807, 2.05) is 6.20 Å². The van der Waals surface area contributed by atoms with Crippen molar-refractivity contribution < 1.29 is 0 Å². The number of nitrogens with zero attached hydrogens (tertiary/aromatic N) is 2. The zero-order chi connectivity index (χ0) is 10.7. The summed E-state index contributed by atoms with van der Waals surface area (Å²) in [5, 5.41) is 2.09. The minimum Gasteiger partial charge on any atom is -0.330 e. The van der Waals surface area contributed by atoms with Gasteiger partial charge in [-0.3, -0.25) is 0 Å². The maximum atomic E-state index is 4.42. The fourth-order valence-electron chi connectivity index (χ4n) is 1.55. The van der Waals surface area contributed by atoms with Crippen LogP contribution < -0.4 is 0 Å². The van der Waals surface area contributed by atoms with Crippen molar-refractivity contribution >= 4 is 11.3 Å². The molecule has 2 rings (SSSR count). The molecule has 0 aliphatic heterocycles. The third kappa shape index (κ3) is 2.29. The van der Waals surface area contributed by atoms with Gasteiger partial charge in [-0.2, -0.15) is 0 Å². The zero-order valence-corrected chi connectivity index (χ0v) is 10.00. The molecule has 2 nitrogen and oxygen atoms in total. The lowest BCUT2D eigenvalue weighted by Crippen LogP contribution is -2.06. The number of imidazole rings is 1. The highest BCUT2D eigenvalue weighted by Crippen LogP contribution is 2.23. The van der Waals surface area contributed by atoms with Gasteiger partial charge in [0.25, 0.3) is 0 Å². The fourth-order valence-corrected chi connectivity index (χ4v) is 2.29. The zero-order valence-electron chi connectivity index (χ0n) is 9.18. The molecule has 2 heterocycles. The van der Waals surface area contributed by atoms with Crippen molar-refractivity contribution in [3.8, 4) is 10.7 Å². The number of aromatic nitrogens is 2. The summed E-state index contributed by atoms with van der Waals surface area (Å²) in [5.41, 5.74) is 0. The van der Waals surface area contributed by atoms with Crippen LogP contribution in [-0.4, -0.2) is 9.55 Å². The summed E-state index contributed by atoms with van der Waals surface area (Å²) in [4.78, 5) is 5.67. The first kappa shape index (κ1) is 10.4. The molecule has 80 valence electrons. The standard InChI is InChI=1S/C12H16N2S/c1-3-10(2)9-14-7-6-13-12(14)11-5-4-8-15-11/h4-8,10H,3,9H2,1-2H3. The summed E-state index contributed by atoms with van der Waals surface area (Å²) in [7, 11) is 0. The van der Waals surface area contributed by atoms with Crippen molar-refractivity contribution in [2.24, 2.45) is 5.92 Å². The fraction of sp³-hybridized carbons (Fsp3) is 0.417. The number of thiophene rings is 1. The van der Waals surface area contributed by atoms with E-state index in [4.69, 9.17) is 0 Å². The van der Waals surface area contributed by atoms with Crippen molar-refractivity contribution in [2.45, 2.75) is 26.8 Å². The van der Waals surface area contributed by atoms with Gasteiger partial charge in [0.05, 0.1) is 4.88 Å². The maximum absolute atomic E-state index is 4.42. The molecule has 0 aromatic carbocycles. The van der Waals surface area contributed by atoms with Gasteiger partial charge in [0.2, 0.25) is 0 Å². The maximum Gasteiger partial charge on any atom is 0.149 e. The van der Waals surface area contributed by atoms with Crippen LogP contribution in [-0.2, 0) is 6.54 Å². The van der Waals surface area contributed by atoms with E-state index in [2.05, 4.69) is 47.1 Å². The SMILES string of the molecule is CCC(C)Cn1ccnc1-c1cccs1. The van der Waals surface area contributed by atoms with Gasteiger partial charge in [0.1, 0.15) is 5.82 Å². The molecule has 0 spiro atoms. The van der Waals surface area contributed by atoms with Crippen molar-refractivity contribution in [2.75, 3.05) is 0 Å². The lowest BCUT2D eigenvalue weighted by molar-refractivity contribution is 0.471. The highest BCUT2D eigenvalue weighted by Gasteiger charge is 2.08. The molecule has 2 aromatic heterocycles. The first-order chi connectivity index (χ1) is 7.31. The smallest absolute Gasteiger partial charge is 0.149 e. The number of hydrogen-bond acceptors (Lipinski definition) is 2. The van der Waals surface area contributed by atoms with Gasteiger partial charge in [-0.15, -0.1) is 11.3 Å². The number of hydrogen-bond donors (Lipinski definition) is 0. The van der Waals surface area contributed by atoms with Crippen LogP contribution in [0.25, 0.3) is 10.7 Å². The lowest BCUT2D eigenvalue weighted by atomic mass is 10.1. The quantitative estimate of drug-likeness (QED) is 0.769. The summed E-state index contributed by atoms with van der Waals surface area (Å²) in [5.74, 6) is 1.81. The Morgan fingerprint density at radius 2 is 2.40 bits per heavy atom. The van der Waals surface area contributed by atoms with Crippen molar-refractivity contribution in [1.29, 1.82) is 0 Å². The minimum absolute atomic E-state index is 0.706. The summed E-state index contributed by atoms with van der Waals surface area (Å²) in [6.45, 7) is 5.56. The third-order valence-electron chi connectivity index (χ3n) is 2.66. The van der Waals surface area contributed by atoms with Crippen molar-refractivity contribution in [1.82, 2.24) is 9.55 Å². The van der Waals surface area contributed by atoms with E-state index in [0.29, 0.717) is 5.92 Å². The summed E-state index contributed by atoms with van der Waals surface area (Å²) >= 11 is 1.75. The largest absolute Gasteiger partial charge is 0.330 e. The van der Waals surface area contributed by atoms with Crippen LogP contribution in [0.2, 0.25) is 0 Å². The second-order valence-corrected chi connectivity index (χ2v) is 4.84. The minimum atomic E-state index is 0.706. The Morgan fingerprint density at radius 1 is 1.53 bits per heavy atom. The van der Waals surface area contributed by atoms with Gasteiger partial charge < -0.3 is 4.57 Å². The monoisotopic (exact) mass is 220 g/mol. The summed E-state index contributed by atoms with van der Waals surface area (Å²) in [6, 6.07) is 4.20. The topological polar surface area (TPSA) is 17.8 Å². The van der Waals surface area contributed by atoms with E-state index in [0.717, 1.165) is 12.4 Å². The Kier molecular flexibility index (Phi) is 3.21. The van der Waals surface area contributed by atoms with Gasteiger partial charge in [0, 0.05) is 18.9 Å². The van der Waals surface area contributed by atoms with Crippen molar-refractivity contribution in [3.05, 3.63) is 29.9 Å². The Morgan fingerprint density at radius 3 is 3.07 bits per heavy atom. The predicted molar refractivity (Wildman–Crippen MR) is 65.0 cm³/mol. The van der Waals surface area contributed by atoms with E-state index in [9.17, 15) is 0 Å². The summed E-state index contributed by atoms with van der Waals surface area (Å²) in [6.07, 6.45) is 5.17.